The normalized spacial score (nSPS) is 10.2. The van der Waals surface area contributed by atoms with E-state index in [2.05, 4.69) is 55.2 Å². The highest BCUT2D eigenvalue weighted by Gasteiger charge is 1.93. The van der Waals surface area contributed by atoms with Crippen molar-refractivity contribution >= 4 is 0 Å². The Morgan fingerprint density at radius 3 is 2.00 bits per heavy atom. The van der Waals surface area contributed by atoms with Crippen LogP contribution in [-0.2, 0) is 6.42 Å². The number of hydrogen-bond acceptors (Lipinski definition) is 1. The summed E-state index contributed by atoms with van der Waals surface area (Å²) < 4.78 is 5.13. The van der Waals surface area contributed by atoms with E-state index in [0.29, 0.717) is 0 Å². The molecule has 0 spiro atoms. The van der Waals surface area contributed by atoms with Crippen molar-refractivity contribution in [1.29, 1.82) is 0 Å². The topological polar surface area (TPSA) is 9.23 Å². The summed E-state index contributed by atoms with van der Waals surface area (Å²) in [6.07, 6.45) is 6.45. The quantitative estimate of drug-likeness (QED) is 0.585. The minimum Gasteiger partial charge on any atom is -0.497 e. The van der Waals surface area contributed by atoms with Crippen LogP contribution in [0.1, 0.15) is 30.0 Å². The molecule has 0 saturated heterocycles. The van der Waals surface area contributed by atoms with Gasteiger partial charge in [0, 0.05) is 11.1 Å². The fraction of sp³-hybridized carbons (Fsp3) is 0.200. The largest absolute Gasteiger partial charge is 0.497 e. The zero-order valence-corrected chi connectivity index (χ0v) is 12.6. The minimum atomic E-state index is 0.853. The maximum atomic E-state index is 5.13. The third-order valence-corrected chi connectivity index (χ3v) is 3.23. The Morgan fingerprint density at radius 2 is 1.48 bits per heavy atom. The summed E-state index contributed by atoms with van der Waals surface area (Å²) in [5, 5.41) is 0. The summed E-state index contributed by atoms with van der Waals surface area (Å²) in [4.78, 5) is 0. The molecule has 2 rings (SSSR count). The average Bonchev–Trinajstić information content (AvgIpc) is 2.55. The van der Waals surface area contributed by atoms with Gasteiger partial charge in [0.25, 0.3) is 0 Å². The predicted molar refractivity (Wildman–Crippen MR) is 88.6 cm³/mol. The Kier molecular flexibility index (Phi) is 5.67. The molecule has 0 aliphatic heterocycles. The van der Waals surface area contributed by atoms with Crippen LogP contribution >= 0.6 is 0 Å². The van der Waals surface area contributed by atoms with Crippen molar-refractivity contribution in [2.24, 2.45) is 0 Å². The van der Waals surface area contributed by atoms with Crippen LogP contribution < -0.4 is 4.74 Å². The van der Waals surface area contributed by atoms with Crippen LogP contribution in [0.4, 0.5) is 0 Å². The Bertz CT molecular complexity index is 637. The van der Waals surface area contributed by atoms with Crippen LogP contribution in [0.25, 0.3) is 0 Å². The predicted octanol–water partition coefficient (Wildman–Crippen LogP) is 4.60. The molecule has 0 unspecified atom stereocenters. The summed E-state index contributed by atoms with van der Waals surface area (Å²) >= 11 is 0. The zero-order valence-electron chi connectivity index (χ0n) is 12.6. The van der Waals surface area contributed by atoms with Gasteiger partial charge in [-0.2, -0.15) is 0 Å². The van der Waals surface area contributed by atoms with Gasteiger partial charge in [-0.3, -0.25) is 0 Å². The highest BCUT2D eigenvalue weighted by molar-refractivity contribution is 5.44. The lowest BCUT2D eigenvalue weighted by Crippen LogP contribution is -1.84. The summed E-state index contributed by atoms with van der Waals surface area (Å²) in [5.41, 5.74) is 3.39. The van der Waals surface area contributed by atoms with Gasteiger partial charge in [0.05, 0.1) is 7.11 Å². The molecule has 0 aromatic heterocycles. The maximum Gasteiger partial charge on any atom is 0.118 e. The number of methoxy groups -OCH3 is 1. The lowest BCUT2D eigenvalue weighted by atomic mass is 10.1. The molecule has 0 bridgehead atoms. The van der Waals surface area contributed by atoms with Gasteiger partial charge in [-0.1, -0.05) is 36.1 Å². The van der Waals surface area contributed by atoms with Crippen LogP contribution in [0.2, 0.25) is 0 Å². The van der Waals surface area contributed by atoms with Crippen LogP contribution in [-0.4, -0.2) is 7.11 Å². The van der Waals surface area contributed by atoms with E-state index in [9.17, 15) is 0 Å². The number of ether oxygens (including phenoxy) is 1. The van der Waals surface area contributed by atoms with Gasteiger partial charge in [0.2, 0.25) is 0 Å². The first-order valence-corrected chi connectivity index (χ1v) is 7.18. The Morgan fingerprint density at radius 1 is 0.905 bits per heavy atom. The molecule has 106 valence electrons. The molecule has 0 heterocycles. The molecule has 0 radical (unpaired) electrons. The fourth-order valence-corrected chi connectivity index (χ4v) is 1.99. The molecule has 0 saturated carbocycles. The van der Waals surface area contributed by atoms with Crippen molar-refractivity contribution in [2.75, 3.05) is 7.11 Å². The van der Waals surface area contributed by atoms with Crippen molar-refractivity contribution < 1.29 is 4.74 Å². The van der Waals surface area contributed by atoms with Gasteiger partial charge in [-0.05, 0) is 61.7 Å². The molecule has 2 aromatic carbocycles. The lowest BCUT2D eigenvalue weighted by molar-refractivity contribution is 0.415. The second kappa shape index (κ2) is 7.97. The summed E-state index contributed by atoms with van der Waals surface area (Å²) in [7, 11) is 1.67. The molecule has 0 N–H and O–H groups in total. The van der Waals surface area contributed by atoms with Crippen molar-refractivity contribution in [1.82, 2.24) is 0 Å². The summed E-state index contributed by atoms with van der Waals surface area (Å²) in [6.45, 7) is 2.05. The fourth-order valence-electron chi connectivity index (χ4n) is 1.99. The van der Waals surface area contributed by atoms with E-state index in [1.165, 1.54) is 5.56 Å². The molecule has 21 heavy (non-hydrogen) atoms. The minimum absolute atomic E-state index is 0.853. The van der Waals surface area contributed by atoms with Gasteiger partial charge >= 0.3 is 0 Å². The van der Waals surface area contributed by atoms with Crippen molar-refractivity contribution in [3.05, 3.63) is 77.4 Å². The van der Waals surface area contributed by atoms with Crippen molar-refractivity contribution in [3.63, 3.8) is 0 Å². The smallest absolute Gasteiger partial charge is 0.118 e. The number of aryl methyl sites for hydroxylation is 1. The van der Waals surface area contributed by atoms with Crippen LogP contribution in [0.15, 0.2) is 60.7 Å². The Hall–Kier alpha value is -2.46. The molecule has 0 fully saturated rings. The highest BCUT2D eigenvalue weighted by atomic mass is 16.5. The van der Waals surface area contributed by atoms with Gasteiger partial charge < -0.3 is 4.74 Å². The molecule has 2 aromatic rings. The SMILES string of the molecule is CC=CCCc1ccc(C#Cc2ccc(OC)cc2)cc1. The Balaban J connectivity index is 2.01. The number of rotatable bonds is 4. The molecule has 0 aliphatic carbocycles. The monoisotopic (exact) mass is 276 g/mol. The van der Waals surface area contributed by atoms with E-state index in [0.717, 1.165) is 29.7 Å². The van der Waals surface area contributed by atoms with Crippen LogP contribution in [0, 0.1) is 11.8 Å². The third kappa shape index (κ3) is 4.85. The first kappa shape index (κ1) is 14.9. The second-order valence-corrected chi connectivity index (χ2v) is 4.78. The van der Waals surface area contributed by atoms with E-state index in [-0.39, 0.29) is 0 Å². The van der Waals surface area contributed by atoms with Crippen molar-refractivity contribution in [2.45, 2.75) is 19.8 Å². The van der Waals surface area contributed by atoms with Crippen LogP contribution in [0.5, 0.6) is 5.75 Å². The average molecular weight is 276 g/mol. The highest BCUT2D eigenvalue weighted by Crippen LogP contribution is 2.11. The van der Waals surface area contributed by atoms with Crippen LogP contribution in [0.3, 0.4) is 0 Å². The van der Waals surface area contributed by atoms with E-state index < -0.39 is 0 Å². The first-order chi connectivity index (χ1) is 10.3. The standard InChI is InChI=1S/C20H20O/c1-3-4-5-6-17-7-9-18(10-8-17)11-12-19-13-15-20(21-2)16-14-19/h3-4,7-10,13-16H,5-6H2,1-2H3. The summed E-state index contributed by atoms with van der Waals surface area (Å²) in [6, 6.07) is 16.3. The molecule has 1 nitrogen and oxygen atoms in total. The van der Waals surface area contributed by atoms with E-state index >= 15 is 0 Å². The third-order valence-electron chi connectivity index (χ3n) is 3.23. The maximum absolute atomic E-state index is 5.13. The van der Waals surface area contributed by atoms with E-state index in [1.807, 2.05) is 24.3 Å². The van der Waals surface area contributed by atoms with Gasteiger partial charge in [-0.15, -0.1) is 0 Å². The summed E-state index contributed by atoms with van der Waals surface area (Å²) in [5.74, 6) is 7.21. The molecule has 0 aliphatic rings. The first-order valence-electron chi connectivity index (χ1n) is 7.18. The molecular formula is C20H20O. The van der Waals surface area contributed by atoms with Crippen molar-refractivity contribution in [3.8, 4) is 17.6 Å². The van der Waals surface area contributed by atoms with Gasteiger partial charge in [0.15, 0.2) is 0 Å². The van der Waals surface area contributed by atoms with Gasteiger partial charge in [0.1, 0.15) is 5.75 Å². The number of hydrogen-bond donors (Lipinski definition) is 0. The number of benzene rings is 2. The zero-order chi connectivity index (χ0) is 14.9. The van der Waals surface area contributed by atoms with E-state index in [4.69, 9.17) is 4.74 Å². The molecule has 0 amide bonds. The molecule has 1 heteroatoms. The Labute approximate surface area is 127 Å². The van der Waals surface area contributed by atoms with Gasteiger partial charge in [-0.25, -0.2) is 0 Å². The van der Waals surface area contributed by atoms with E-state index in [1.54, 1.807) is 7.11 Å². The second-order valence-electron chi connectivity index (χ2n) is 4.78. The molecular weight excluding hydrogens is 256 g/mol. The molecule has 0 atom stereocenters. The number of allylic oxidation sites excluding steroid dienone is 2. The lowest BCUT2D eigenvalue weighted by Gasteiger charge is -1.99.